The number of rotatable bonds is 6. The molecule has 8 aromatic rings. The summed E-state index contributed by atoms with van der Waals surface area (Å²) in [7, 11) is 0. The molecule has 0 fully saturated rings. The van der Waals surface area contributed by atoms with Gasteiger partial charge < -0.3 is 4.57 Å². The minimum atomic E-state index is -5.72. The number of para-hydroxylation sites is 2. The number of hydrogen-bond donors (Lipinski definition) is 0. The molecule has 0 amide bonds. The van der Waals surface area contributed by atoms with E-state index < -0.39 is 28.9 Å². The van der Waals surface area contributed by atoms with Crippen LogP contribution in [0.25, 0.3) is 61.1 Å². The third kappa shape index (κ3) is 5.42. The lowest BCUT2D eigenvalue weighted by atomic mass is 9.72. The molecule has 256 valence electrons. The van der Waals surface area contributed by atoms with E-state index in [-0.39, 0.29) is 0 Å². The maximum absolute atomic E-state index is 15.2. The highest BCUT2D eigenvalue weighted by molar-refractivity contribution is 6.09. The summed E-state index contributed by atoms with van der Waals surface area (Å²) in [6.45, 7) is 0. The summed E-state index contributed by atoms with van der Waals surface area (Å²) in [5, 5.41) is 1.84. The Kier molecular flexibility index (Phi) is 7.98. The lowest BCUT2D eigenvalue weighted by Crippen LogP contribution is -2.54. The van der Waals surface area contributed by atoms with Crippen molar-refractivity contribution in [3.63, 3.8) is 0 Å². The third-order valence-electron chi connectivity index (χ3n) is 9.60. The molecule has 0 saturated carbocycles. The molecule has 0 bridgehead atoms. The second-order valence-electron chi connectivity index (χ2n) is 12.6. The predicted octanol–water partition coefficient (Wildman–Crippen LogP) is 12.6. The molecule has 2 nitrogen and oxygen atoms in total. The van der Waals surface area contributed by atoms with E-state index in [1.165, 1.54) is 24.3 Å². The molecule has 0 unspecified atom stereocenters. The number of hydrogen-bond acceptors (Lipinski definition) is 1. The molecule has 0 radical (unpaired) electrons. The number of fused-ring (bicyclic) bond motifs is 3. The van der Waals surface area contributed by atoms with E-state index in [0.29, 0.717) is 28.2 Å². The molecule has 0 atom stereocenters. The lowest BCUT2D eigenvalue weighted by molar-refractivity contribution is -0.288. The van der Waals surface area contributed by atoms with Crippen LogP contribution in [0.4, 0.5) is 26.3 Å². The molecule has 0 aliphatic carbocycles. The fourth-order valence-electron chi connectivity index (χ4n) is 7.17. The van der Waals surface area contributed by atoms with Gasteiger partial charge in [0.15, 0.2) is 0 Å². The first-order chi connectivity index (χ1) is 25.1. The summed E-state index contributed by atoms with van der Waals surface area (Å²) in [6.07, 6.45) is -11.4. The van der Waals surface area contributed by atoms with Crippen LogP contribution in [-0.4, -0.2) is 21.9 Å². The van der Waals surface area contributed by atoms with Crippen molar-refractivity contribution < 1.29 is 26.3 Å². The van der Waals surface area contributed by atoms with Crippen molar-refractivity contribution in [1.29, 1.82) is 0 Å². The van der Waals surface area contributed by atoms with Crippen molar-refractivity contribution in [2.45, 2.75) is 17.8 Å². The summed E-state index contributed by atoms with van der Waals surface area (Å²) in [4.78, 5) is 4.82. The van der Waals surface area contributed by atoms with Crippen LogP contribution < -0.4 is 0 Å². The van der Waals surface area contributed by atoms with Gasteiger partial charge in [-0.25, -0.2) is 4.98 Å². The van der Waals surface area contributed by atoms with Crippen molar-refractivity contribution in [1.82, 2.24) is 9.55 Å². The van der Waals surface area contributed by atoms with Crippen LogP contribution in [0, 0.1) is 0 Å². The largest absolute Gasteiger partial charge is 0.411 e. The molecule has 0 N–H and O–H groups in total. The van der Waals surface area contributed by atoms with Crippen LogP contribution in [0.15, 0.2) is 170 Å². The SMILES string of the molecule is FC(F)(F)C(c1ccc(-c2cc(-c3ccccc3)nc(-c3ccccc3)c2)cc1)(c1ccc(-n2c3ccccc3c3ccccc32)cc1)C(F)(F)F. The number of halogens is 6. The Labute approximate surface area is 295 Å². The van der Waals surface area contributed by atoms with Gasteiger partial charge >= 0.3 is 12.4 Å². The van der Waals surface area contributed by atoms with Gasteiger partial charge in [0, 0.05) is 27.6 Å². The first kappa shape index (κ1) is 33.0. The topological polar surface area (TPSA) is 17.8 Å². The Morgan fingerprint density at radius 1 is 0.385 bits per heavy atom. The van der Waals surface area contributed by atoms with Gasteiger partial charge in [-0.3, -0.25) is 0 Å². The fraction of sp³-hybridized carbons (Fsp3) is 0.0682. The molecule has 2 heterocycles. The number of nitrogens with zero attached hydrogens (tertiary/aromatic N) is 2. The summed E-state index contributed by atoms with van der Waals surface area (Å²) >= 11 is 0. The zero-order valence-electron chi connectivity index (χ0n) is 27.3. The average Bonchev–Trinajstić information content (AvgIpc) is 3.49. The second-order valence-corrected chi connectivity index (χ2v) is 12.6. The molecule has 6 aromatic carbocycles. The average molecular weight is 699 g/mol. The van der Waals surface area contributed by atoms with Gasteiger partial charge in [-0.2, -0.15) is 26.3 Å². The van der Waals surface area contributed by atoms with E-state index in [2.05, 4.69) is 0 Å². The monoisotopic (exact) mass is 698 g/mol. The molecular weight excluding hydrogens is 670 g/mol. The minimum absolute atomic E-state index is 0.441. The summed E-state index contributed by atoms with van der Waals surface area (Å²) in [6, 6.07) is 46.4. The van der Waals surface area contributed by atoms with Crippen LogP contribution in [0.2, 0.25) is 0 Å². The number of benzene rings is 6. The molecule has 0 spiro atoms. The van der Waals surface area contributed by atoms with Crippen molar-refractivity contribution in [3.8, 4) is 39.3 Å². The van der Waals surface area contributed by atoms with Gasteiger partial charge in [0.25, 0.3) is 0 Å². The molecule has 2 aromatic heterocycles. The lowest BCUT2D eigenvalue weighted by Gasteiger charge is -2.38. The molecule has 8 rings (SSSR count). The summed E-state index contributed by atoms with van der Waals surface area (Å²) < 4.78 is 93.1. The van der Waals surface area contributed by atoms with Gasteiger partial charge in [0.05, 0.1) is 22.4 Å². The third-order valence-corrected chi connectivity index (χ3v) is 9.60. The van der Waals surface area contributed by atoms with Gasteiger partial charge in [-0.05, 0) is 58.7 Å². The normalized spacial score (nSPS) is 12.4. The Balaban J connectivity index is 1.25. The van der Waals surface area contributed by atoms with Crippen molar-refractivity contribution in [2.75, 3.05) is 0 Å². The van der Waals surface area contributed by atoms with Crippen LogP contribution >= 0.6 is 0 Å². The van der Waals surface area contributed by atoms with E-state index in [1.54, 1.807) is 12.1 Å². The Morgan fingerprint density at radius 3 is 1.23 bits per heavy atom. The number of alkyl halides is 6. The number of aromatic nitrogens is 2. The maximum atomic E-state index is 15.2. The Morgan fingerprint density at radius 2 is 0.788 bits per heavy atom. The first-order valence-corrected chi connectivity index (χ1v) is 16.5. The first-order valence-electron chi connectivity index (χ1n) is 16.5. The highest BCUT2D eigenvalue weighted by atomic mass is 19.4. The quantitative estimate of drug-likeness (QED) is 0.158. The summed E-state index contributed by atoms with van der Waals surface area (Å²) in [5.74, 6) is 0. The van der Waals surface area contributed by atoms with E-state index >= 15 is 26.3 Å². The van der Waals surface area contributed by atoms with E-state index in [4.69, 9.17) is 4.98 Å². The maximum Gasteiger partial charge on any atom is 0.411 e. The molecule has 52 heavy (non-hydrogen) atoms. The smallest absolute Gasteiger partial charge is 0.309 e. The molecule has 0 aliphatic heterocycles. The predicted molar refractivity (Wildman–Crippen MR) is 194 cm³/mol. The molecule has 0 aliphatic rings. The van der Waals surface area contributed by atoms with E-state index in [0.717, 1.165) is 57.2 Å². The van der Waals surface area contributed by atoms with Crippen molar-refractivity contribution >= 4 is 21.8 Å². The van der Waals surface area contributed by atoms with E-state index in [1.807, 2.05) is 114 Å². The molecular formula is C44H28F6N2. The van der Waals surface area contributed by atoms with Crippen molar-refractivity contribution in [2.24, 2.45) is 0 Å². The number of pyridine rings is 1. The highest BCUT2D eigenvalue weighted by Crippen LogP contribution is 2.56. The van der Waals surface area contributed by atoms with Gasteiger partial charge in [-0.15, -0.1) is 0 Å². The standard InChI is InChI=1S/C44H28F6N2/c45-43(46,47)42(44(48,49)50,34-23-25-35(26-24-34)52-40-17-9-7-15-36(40)37-16-8-10-18-41(37)52)33-21-19-29(20-22-33)32-27-38(30-11-3-1-4-12-30)51-39(28-32)31-13-5-2-6-14-31/h1-28H. The minimum Gasteiger partial charge on any atom is -0.309 e. The van der Waals surface area contributed by atoms with Gasteiger partial charge in [-0.1, -0.05) is 133 Å². The van der Waals surface area contributed by atoms with Crippen LogP contribution in [-0.2, 0) is 5.41 Å². The van der Waals surface area contributed by atoms with Crippen LogP contribution in [0.3, 0.4) is 0 Å². The Hall–Kier alpha value is -6.15. The summed E-state index contributed by atoms with van der Waals surface area (Å²) in [5.41, 5.74) is -0.233. The van der Waals surface area contributed by atoms with Gasteiger partial charge in [0.2, 0.25) is 5.41 Å². The zero-order chi connectivity index (χ0) is 36.1. The zero-order valence-corrected chi connectivity index (χ0v) is 27.3. The highest BCUT2D eigenvalue weighted by Gasteiger charge is 2.72. The Bertz CT molecular complexity index is 2390. The van der Waals surface area contributed by atoms with E-state index in [9.17, 15) is 0 Å². The molecule has 0 saturated heterocycles. The fourth-order valence-corrected chi connectivity index (χ4v) is 7.17. The van der Waals surface area contributed by atoms with Crippen LogP contribution in [0.1, 0.15) is 11.1 Å². The van der Waals surface area contributed by atoms with Crippen LogP contribution in [0.5, 0.6) is 0 Å². The second kappa shape index (κ2) is 12.6. The van der Waals surface area contributed by atoms with Crippen molar-refractivity contribution in [3.05, 3.63) is 181 Å². The molecule has 8 heteroatoms. The van der Waals surface area contributed by atoms with Gasteiger partial charge in [0.1, 0.15) is 0 Å².